The highest BCUT2D eigenvalue weighted by Crippen LogP contribution is 2.35. The Kier molecular flexibility index (Phi) is 5.46. The lowest BCUT2D eigenvalue weighted by Gasteiger charge is -2.22. The molecule has 0 spiro atoms. The molecule has 6 nitrogen and oxygen atoms in total. The van der Waals surface area contributed by atoms with Crippen molar-refractivity contribution in [2.75, 3.05) is 26.2 Å². The van der Waals surface area contributed by atoms with Crippen LogP contribution in [0.25, 0.3) is 10.9 Å². The van der Waals surface area contributed by atoms with Crippen molar-refractivity contribution < 1.29 is 13.2 Å². The van der Waals surface area contributed by atoms with Gasteiger partial charge in [-0.15, -0.1) is 0 Å². The van der Waals surface area contributed by atoms with Crippen LogP contribution < -0.4 is 0 Å². The van der Waals surface area contributed by atoms with Gasteiger partial charge in [-0.05, 0) is 37.2 Å². The number of amides is 1. The maximum atomic E-state index is 13.3. The first kappa shape index (κ1) is 20.4. The van der Waals surface area contributed by atoms with E-state index in [4.69, 9.17) is 0 Å². The van der Waals surface area contributed by atoms with Gasteiger partial charge < -0.3 is 9.47 Å². The number of aryl methyl sites for hydroxylation is 1. The van der Waals surface area contributed by atoms with Crippen LogP contribution in [0.3, 0.4) is 0 Å². The molecule has 1 aromatic carbocycles. The summed E-state index contributed by atoms with van der Waals surface area (Å²) >= 11 is 0. The number of likely N-dealkylation sites (tertiary alicyclic amines) is 1. The maximum Gasteiger partial charge on any atom is 0.256 e. The smallest absolute Gasteiger partial charge is 0.256 e. The fraction of sp³-hybridized carbons (Fsp3) is 0.591. The van der Waals surface area contributed by atoms with E-state index in [0.29, 0.717) is 44.1 Å². The van der Waals surface area contributed by atoms with Crippen LogP contribution in [0.4, 0.5) is 0 Å². The Morgan fingerprint density at radius 2 is 1.90 bits per heavy atom. The van der Waals surface area contributed by atoms with Crippen molar-refractivity contribution in [1.82, 2.24) is 13.8 Å². The summed E-state index contributed by atoms with van der Waals surface area (Å²) in [7, 11) is -1.31. The SMILES string of the molecule is CC(C)CCN1C[C@@H]2CCN(C(=O)c3cn(C)c4ccccc34)CC[C@H]2S1(=O)=O. The van der Waals surface area contributed by atoms with Crippen LogP contribution in [0.2, 0.25) is 0 Å². The summed E-state index contributed by atoms with van der Waals surface area (Å²) in [6.07, 6.45) is 4.06. The zero-order chi connectivity index (χ0) is 20.8. The third-order valence-electron chi connectivity index (χ3n) is 6.53. The summed E-state index contributed by atoms with van der Waals surface area (Å²) in [4.78, 5) is 15.1. The molecule has 1 amide bonds. The van der Waals surface area contributed by atoms with Crippen LogP contribution in [0.5, 0.6) is 0 Å². The molecule has 7 heteroatoms. The van der Waals surface area contributed by atoms with Crippen LogP contribution in [-0.2, 0) is 17.1 Å². The van der Waals surface area contributed by atoms with E-state index in [1.807, 2.05) is 47.0 Å². The molecule has 0 radical (unpaired) electrons. The minimum atomic E-state index is -3.26. The Balaban J connectivity index is 1.50. The van der Waals surface area contributed by atoms with E-state index in [9.17, 15) is 13.2 Å². The van der Waals surface area contributed by atoms with E-state index in [1.54, 1.807) is 4.31 Å². The van der Waals surface area contributed by atoms with Crippen molar-refractivity contribution in [3.05, 3.63) is 36.0 Å². The van der Waals surface area contributed by atoms with Gasteiger partial charge in [-0.2, -0.15) is 0 Å². The Morgan fingerprint density at radius 3 is 2.66 bits per heavy atom. The third kappa shape index (κ3) is 3.70. The fourth-order valence-electron chi connectivity index (χ4n) is 4.80. The molecule has 2 aliphatic rings. The molecular formula is C22H31N3O3S. The summed E-state index contributed by atoms with van der Waals surface area (Å²) in [5.41, 5.74) is 1.74. The Hall–Kier alpha value is -1.86. The Morgan fingerprint density at radius 1 is 1.17 bits per heavy atom. The van der Waals surface area contributed by atoms with E-state index in [-0.39, 0.29) is 17.1 Å². The number of carbonyl (C=O) groups excluding carboxylic acids is 1. The first-order valence-electron chi connectivity index (χ1n) is 10.6. The number of benzene rings is 1. The fourth-order valence-corrected chi connectivity index (χ4v) is 7.06. The number of fused-ring (bicyclic) bond motifs is 2. The highest BCUT2D eigenvalue weighted by molar-refractivity contribution is 7.90. The first-order chi connectivity index (χ1) is 13.8. The van der Waals surface area contributed by atoms with Crippen LogP contribution in [-0.4, -0.2) is 59.5 Å². The number of nitrogens with zero attached hydrogens (tertiary/aromatic N) is 3. The number of carbonyl (C=O) groups is 1. The van der Waals surface area contributed by atoms with Crippen molar-refractivity contribution in [1.29, 1.82) is 0 Å². The second kappa shape index (κ2) is 7.76. The van der Waals surface area contributed by atoms with Gasteiger partial charge in [0.1, 0.15) is 0 Å². The summed E-state index contributed by atoms with van der Waals surface area (Å²) in [5, 5.41) is 0.608. The zero-order valence-corrected chi connectivity index (χ0v) is 18.4. The van der Waals surface area contributed by atoms with Gasteiger partial charge in [-0.25, -0.2) is 12.7 Å². The lowest BCUT2D eigenvalue weighted by molar-refractivity contribution is 0.0761. The molecule has 2 fully saturated rings. The summed E-state index contributed by atoms with van der Waals surface area (Å²) < 4.78 is 29.8. The molecule has 2 aliphatic heterocycles. The number of para-hydroxylation sites is 1. The van der Waals surface area contributed by atoms with Crippen LogP contribution in [0.1, 0.15) is 43.5 Å². The highest BCUT2D eigenvalue weighted by Gasteiger charge is 2.47. The quantitative estimate of drug-likeness (QED) is 0.768. The second-order valence-electron chi connectivity index (χ2n) is 8.92. The van der Waals surface area contributed by atoms with Crippen molar-refractivity contribution in [2.45, 2.75) is 38.4 Å². The van der Waals surface area contributed by atoms with Gasteiger partial charge in [0.05, 0.1) is 10.8 Å². The van der Waals surface area contributed by atoms with Crippen molar-refractivity contribution in [3.63, 3.8) is 0 Å². The third-order valence-corrected chi connectivity index (χ3v) is 8.97. The molecule has 29 heavy (non-hydrogen) atoms. The van der Waals surface area contributed by atoms with Gasteiger partial charge in [0.2, 0.25) is 10.0 Å². The van der Waals surface area contributed by atoms with E-state index in [0.717, 1.165) is 23.7 Å². The van der Waals surface area contributed by atoms with Crippen LogP contribution in [0.15, 0.2) is 30.5 Å². The van der Waals surface area contributed by atoms with Gasteiger partial charge in [0.25, 0.3) is 5.91 Å². The van der Waals surface area contributed by atoms with Gasteiger partial charge in [-0.1, -0.05) is 32.0 Å². The lowest BCUT2D eigenvalue weighted by Crippen LogP contribution is -2.35. The van der Waals surface area contributed by atoms with E-state index < -0.39 is 10.0 Å². The number of hydrogen-bond donors (Lipinski definition) is 0. The molecular weight excluding hydrogens is 386 g/mol. The average Bonchev–Trinajstić information content (AvgIpc) is 3.02. The number of rotatable bonds is 4. The van der Waals surface area contributed by atoms with E-state index in [1.165, 1.54) is 0 Å². The van der Waals surface area contributed by atoms with Gasteiger partial charge >= 0.3 is 0 Å². The Labute approximate surface area is 173 Å². The normalized spacial score (nSPS) is 24.8. The van der Waals surface area contributed by atoms with Gasteiger partial charge in [0.15, 0.2) is 0 Å². The standard InChI is InChI=1S/C22H31N3O3S/c1-16(2)8-13-25-14-17-9-11-24(12-10-21(17)29(25,27)28)22(26)19-15-23(3)20-7-5-4-6-18(19)20/h4-7,15-17,21H,8-14H2,1-3H3/t17-,21+/m0/s1. The van der Waals surface area contributed by atoms with Gasteiger partial charge in [0, 0.05) is 50.3 Å². The van der Waals surface area contributed by atoms with E-state index >= 15 is 0 Å². The second-order valence-corrected chi connectivity index (χ2v) is 11.1. The maximum absolute atomic E-state index is 13.3. The minimum absolute atomic E-state index is 0.0100. The molecule has 0 unspecified atom stereocenters. The summed E-state index contributed by atoms with van der Waals surface area (Å²) in [5.74, 6) is 0.623. The molecule has 3 heterocycles. The molecule has 2 atom stereocenters. The number of hydrogen-bond acceptors (Lipinski definition) is 3. The largest absolute Gasteiger partial charge is 0.350 e. The minimum Gasteiger partial charge on any atom is -0.350 e. The average molecular weight is 418 g/mol. The number of sulfonamides is 1. The Bertz CT molecular complexity index is 1010. The monoisotopic (exact) mass is 417 g/mol. The molecule has 0 saturated carbocycles. The van der Waals surface area contributed by atoms with E-state index in [2.05, 4.69) is 13.8 Å². The lowest BCUT2D eigenvalue weighted by atomic mass is 10.0. The first-order valence-corrected chi connectivity index (χ1v) is 12.1. The molecule has 2 aromatic rings. The molecule has 2 saturated heterocycles. The molecule has 158 valence electrons. The summed E-state index contributed by atoms with van der Waals surface area (Å²) in [6.45, 7) is 6.59. The zero-order valence-electron chi connectivity index (χ0n) is 17.5. The highest BCUT2D eigenvalue weighted by atomic mass is 32.2. The molecule has 0 N–H and O–H groups in total. The summed E-state index contributed by atoms with van der Waals surface area (Å²) in [6, 6.07) is 7.91. The predicted molar refractivity (Wildman–Crippen MR) is 115 cm³/mol. The predicted octanol–water partition coefficient (Wildman–Crippen LogP) is 3.09. The molecule has 1 aromatic heterocycles. The number of aromatic nitrogens is 1. The molecule has 0 aliphatic carbocycles. The van der Waals surface area contributed by atoms with Crippen molar-refractivity contribution in [3.8, 4) is 0 Å². The topological polar surface area (TPSA) is 62.6 Å². The van der Waals surface area contributed by atoms with Crippen molar-refractivity contribution >= 4 is 26.8 Å². The van der Waals surface area contributed by atoms with Crippen molar-refractivity contribution in [2.24, 2.45) is 18.9 Å². The molecule has 4 rings (SSSR count). The van der Waals surface area contributed by atoms with Crippen LogP contribution >= 0.6 is 0 Å². The van der Waals surface area contributed by atoms with Gasteiger partial charge in [-0.3, -0.25) is 4.79 Å². The molecule has 0 bridgehead atoms. The van der Waals surface area contributed by atoms with Crippen LogP contribution in [0, 0.1) is 11.8 Å².